The lowest BCUT2D eigenvalue weighted by molar-refractivity contribution is -0.127. The van der Waals surface area contributed by atoms with Gasteiger partial charge < -0.3 is 5.32 Å². The van der Waals surface area contributed by atoms with Gasteiger partial charge in [-0.25, -0.2) is 4.68 Å². The van der Waals surface area contributed by atoms with Crippen molar-refractivity contribution in [2.75, 3.05) is 7.05 Å². The van der Waals surface area contributed by atoms with E-state index < -0.39 is 5.54 Å². The number of hydrogen-bond donors (Lipinski definition) is 1. The summed E-state index contributed by atoms with van der Waals surface area (Å²) in [5.74, 6) is -0.0867. The van der Waals surface area contributed by atoms with Crippen molar-refractivity contribution in [3.05, 3.63) is 48.3 Å². The van der Waals surface area contributed by atoms with Crippen LogP contribution in [0.2, 0.25) is 0 Å². The van der Waals surface area contributed by atoms with Gasteiger partial charge in [0, 0.05) is 18.3 Å². The fourth-order valence-electron chi connectivity index (χ4n) is 3.55. The highest BCUT2D eigenvalue weighted by Crippen LogP contribution is 2.27. The maximum atomic E-state index is 12.7. The predicted octanol–water partition coefficient (Wildman–Crippen LogP) is 3.04. The molecule has 0 aliphatic heterocycles. The van der Waals surface area contributed by atoms with E-state index in [1.165, 1.54) is 0 Å². The third kappa shape index (κ3) is 4.55. The lowest BCUT2D eigenvalue weighted by Crippen LogP contribution is -2.54. The molecule has 142 valence electrons. The van der Waals surface area contributed by atoms with E-state index in [2.05, 4.69) is 16.5 Å². The minimum atomic E-state index is -0.692. The van der Waals surface area contributed by atoms with Crippen LogP contribution >= 0.6 is 0 Å². The van der Waals surface area contributed by atoms with E-state index >= 15 is 0 Å². The van der Waals surface area contributed by atoms with E-state index in [4.69, 9.17) is 0 Å². The quantitative estimate of drug-likeness (QED) is 0.854. The Morgan fingerprint density at radius 1 is 1.33 bits per heavy atom. The van der Waals surface area contributed by atoms with Crippen LogP contribution in [-0.2, 0) is 11.3 Å². The standard InChI is InChI=1S/C21H27N5O/c1-17(20(27)24-21(16-22)11-7-4-8-12-21)25(2)14-18-13-23-26(15-18)19-9-5-3-6-10-19/h3,5-6,9-10,13,15,17H,4,7-8,11-12,14H2,1-2H3,(H,24,27). The van der Waals surface area contributed by atoms with E-state index in [9.17, 15) is 10.1 Å². The van der Waals surface area contributed by atoms with E-state index in [0.29, 0.717) is 6.54 Å². The number of carbonyl (C=O) groups is 1. The Kier molecular flexibility index (Phi) is 5.92. The van der Waals surface area contributed by atoms with Gasteiger partial charge in [0.15, 0.2) is 0 Å². The molecule has 1 aromatic heterocycles. The van der Waals surface area contributed by atoms with Gasteiger partial charge in [-0.2, -0.15) is 10.4 Å². The molecule has 1 heterocycles. The lowest BCUT2D eigenvalue weighted by Gasteiger charge is -2.34. The Bertz CT molecular complexity index is 801. The Morgan fingerprint density at radius 2 is 2.04 bits per heavy atom. The van der Waals surface area contributed by atoms with Gasteiger partial charge in [-0.05, 0) is 38.9 Å². The van der Waals surface area contributed by atoms with Crippen molar-refractivity contribution in [2.45, 2.75) is 57.2 Å². The van der Waals surface area contributed by atoms with Gasteiger partial charge in [0.05, 0.1) is 24.0 Å². The minimum absolute atomic E-state index is 0.0867. The molecule has 1 fully saturated rings. The van der Waals surface area contributed by atoms with E-state index in [0.717, 1.165) is 43.4 Å². The van der Waals surface area contributed by atoms with Gasteiger partial charge in [0.25, 0.3) is 0 Å². The van der Waals surface area contributed by atoms with E-state index in [-0.39, 0.29) is 11.9 Å². The molecule has 27 heavy (non-hydrogen) atoms. The summed E-state index contributed by atoms with van der Waals surface area (Å²) in [6.07, 6.45) is 8.43. The van der Waals surface area contributed by atoms with Gasteiger partial charge in [-0.15, -0.1) is 0 Å². The van der Waals surface area contributed by atoms with E-state index in [1.807, 2.05) is 66.3 Å². The van der Waals surface area contributed by atoms with Crippen molar-refractivity contribution < 1.29 is 4.79 Å². The minimum Gasteiger partial charge on any atom is -0.336 e. The summed E-state index contributed by atoms with van der Waals surface area (Å²) in [7, 11) is 1.92. The molecule has 1 saturated carbocycles. The zero-order chi connectivity index (χ0) is 19.3. The summed E-state index contributed by atoms with van der Waals surface area (Å²) >= 11 is 0. The van der Waals surface area contributed by atoms with Gasteiger partial charge in [0.2, 0.25) is 5.91 Å². The van der Waals surface area contributed by atoms with Crippen LogP contribution < -0.4 is 5.32 Å². The SMILES string of the molecule is CC(C(=O)NC1(C#N)CCCCC1)N(C)Cc1cnn(-c2ccccc2)c1. The molecule has 6 nitrogen and oxygen atoms in total. The molecule has 1 unspecified atom stereocenters. The maximum absolute atomic E-state index is 12.7. The number of amides is 1. The number of nitrogens with one attached hydrogen (secondary N) is 1. The molecule has 1 amide bonds. The van der Waals surface area contributed by atoms with Gasteiger partial charge in [-0.1, -0.05) is 37.5 Å². The molecule has 2 aromatic rings. The summed E-state index contributed by atoms with van der Waals surface area (Å²) in [5, 5.41) is 17.0. The number of nitriles is 1. The van der Waals surface area contributed by atoms with Crippen LogP contribution in [0.5, 0.6) is 0 Å². The molecule has 0 spiro atoms. The van der Waals surface area contributed by atoms with Crippen molar-refractivity contribution >= 4 is 5.91 Å². The second-order valence-electron chi connectivity index (χ2n) is 7.46. The van der Waals surface area contributed by atoms with Gasteiger partial charge in [-0.3, -0.25) is 9.69 Å². The molecule has 1 aliphatic carbocycles. The predicted molar refractivity (Wildman–Crippen MR) is 104 cm³/mol. The number of benzene rings is 1. The Balaban J connectivity index is 1.60. The average Bonchev–Trinajstić information content (AvgIpc) is 3.17. The first kappa shape index (κ1) is 19.1. The first-order valence-electron chi connectivity index (χ1n) is 9.55. The second-order valence-corrected chi connectivity index (χ2v) is 7.46. The molecule has 1 aromatic carbocycles. The fraction of sp³-hybridized carbons (Fsp3) is 0.476. The number of aromatic nitrogens is 2. The number of hydrogen-bond acceptors (Lipinski definition) is 4. The number of likely N-dealkylation sites (N-methyl/N-ethyl adjacent to an activating group) is 1. The van der Waals surface area contributed by atoms with Crippen LogP contribution in [0.25, 0.3) is 5.69 Å². The highest BCUT2D eigenvalue weighted by atomic mass is 16.2. The van der Waals surface area contributed by atoms with Crippen LogP contribution in [0.15, 0.2) is 42.7 Å². The molecule has 0 radical (unpaired) electrons. The largest absolute Gasteiger partial charge is 0.336 e. The highest BCUT2D eigenvalue weighted by molar-refractivity contribution is 5.82. The highest BCUT2D eigenvalue weighted by Gasteiger charge is 2.35. The first-order chi connectivity index (χ1) is 13.0. The molecular weight excluding hydrogens is 338 g/mol. The summed E-state index contributed by atoms with van der Waals surface area (Å²) in [4.78, 5) is 14.7. The average molecular weight is 365 g/mol. The van der Waals surface area contributed by atoms with Crippen molar-refractivity contribution in [3.8, 4) is 11.8 Å². The summed E-state index contributed by atoms with van der Waals surface area (Å²) in [6.45, 7) is 2.49. The normalized spacial score (nSPS) is 17.3. The molecule has 0 saturated heterocycles. The van der Waals surface area contributed by atoms with Crippen LogP contribution in [0.4, 0.5) is 0 Å². The monoisotopic (exact) mass is 365 g/mol. The summed E-state index contributed by atoms with van der Waals surface area (Å²) < 4.78 is 1.83. The Hall–Kier alpha value is -2.65. The molecule has 1 aliphatic rings. The van der Waals surface area contributed by atoms with Crippen LogP contribution in [0.1, 0.15) is 44.6 Å². The molecule has 1 N–H and O–H groups in total. The molecule has 1 atom stereocenters. The fourth-order valence-corrected chi connectivity index (χ4v) is 3.55. The molecule has 0 bridgehead atoms. The van der Waals surface area contributed by atoms with Crippen molar-refractivity contribution in [1.29, 1.82) is 5.26 Å². The first-order valence-corrected chi connectivity index (χ1v) is 9.55. The van der Waals surface area contributed by atoms with Crippen LogP contribution in [0.3, 0.4) is 0 Å². The van der Waals surface area contributed by atoms with Crippen LogP contribution in [-0.4, -0.2) is 39.2 Å². The van der Waals surface area contributed by atoms with Crippen molar-refractivity contribution in [2.24, 2.45) is 0 Å². The summed E-state index contributed by atoms with van der Waals surface area (Å²) in [6, 6.07) is 12.0. The zero-order valence-corrected chi connectivity index (χ0v) is 16.1. The number of rotatable bonds is 6. The molecule has 3 rings (SSSR count). The number of nitrogens with zero attached hydrogens (tertiary/aromatic N) is 4. The topological polar surface area (TPSA) is 74.0 Å². The zero-order valence-electron chi connectivity index (χ0n) is 16.1. The third-order valence-electron chi connectivity index (χ3n) is 5.41. The Morgan fingerprint density at radius 3 is 2.70 bits per heavy atom. The van der Waals surface area contributed by atoms with Crippen molar-refractivity contribution in [1.82, 2.24) is 20.0 Å². The number of para-hydroxylation sites is 1. The molecule has 6 heteroatoms. The second kappa shape index (κ2) is 8.36. The Labute approximate surface area is 160 Å². The lowest BCUT2D eigenvalue weighted by atomic mass is 9.82. The molecular formula is C21H27N5O. The number of carbonyl (C=O) groups excluding carboxylic acids is 1. The smallest absolute Gasteiger partial charge is 0.238 e. The third-order valence-corrected chi connectivity index (χ3v) is 5.41. The maximum Gasteiger partial charge on any atom is 0.238 e. The van der Waals surface area contributed by atoms with Crippen LogP contribution in [0, 0.1) is 11.3 Å². The van der Waals surface area contributed by atoms with E-state index in [1.54, 1.807) is 0 Å². The van der Waals surface area contributed by atoms with Gasteiger partial charge >= 0.3 is 0 Å². The van der Waals surface area contributed by atoms with Crippen molar-refractivity contribution in [3.63, 3.8) is 0 Å². The summed E-state index contributed by atoms with van der Waals surface area (Å²) in [5.41, 5.74) is 1.35. The van der Waals surface area contributed by atoms with Gasteiger partial charge in [0.1, 0.15) is 5.54 Å².